The lowest BCUT2D eigenvalue weighted by molar-refractivity contribution is -0.145. The Morgan fingerprint density at radius 2 is 2.21 bits per heavy atom. The maximum atomic E-state index is 10.9. The summed E-state index contributed by atoms with van der Waals surface area (Å²) in [5, 5.41) is 9.62. The second-order valence-corrected chi connectivity index (χ2v) is 7.00. The van der Waals surface area contributed by atoms with E-state index in [1.54, 1.807) is 0 Å². The van der Waals surface area contributed by atoms with Gasteiger partial charge in [0.2, 0.25) is 0 Å². The standard InChI is InChI=1S/C15H19NO2S/c1-10(15(17)18)12-7-16(8-12)9-13-6-11-4-2-3-5-14(11)19-13/h2-5,10,12-13H,6-9H2,1H3,(H,17,18). The first-order valence-corrected chi connectivity index (χ1v) is 7.71. The molecule has 0 aromatic heterocycles. The molecule has 3 rings (SSSR count). The van der Waals surface area contributed by atoms with Crippen LogP contribution in [0.5, 0.6) is 0 Å². The summed E-state index contributed by atoms with van der Waals surface area (Å²) in [4.78, 5) is 14.7. The summed E-state index contributed by atoms with van der Waals surface area (Å²) < 4.78 is 0. The van der Waals surface area contributed by atoms with Crippen LogP contribution in [0.1, 0.15) is 12.5 Å². The van der Waals surface area contributed by atoms with E-state index in [2.05, 4.69) is 29.2 Å². The molecule has 2 atom stereocenters. The highest BCUT2D eigenvalue weighted by Crippen LogP contribution is 2.38. The van der Waals surface area contributed by atoms with Crippen molar-refractivity contribution in [3.8, 4) is 0 Å². The Bertz CT molecular complexity index is 460. The summed E-state index contributed by atoms with van der Waals surface area (Å²) in [5.74, 6) is -0.525. The first kappa shape index (κ1) is 13.0. The van der Waals surface area contributed by atoms with Crippen molar-refractivity contribution in [3.63, 3.8) is 0 Å². The Kier molecular flexibility index (Phi) is 3.54. The number of benzene rings is 1. The van der Waals surface area contributed by atoms with Crippen molar-refractivity contribution in [2.45, 2.75) is 23.5 Å². The van der Waals surface area contributed by atoms with Crippen LogP contribution in [0.2, 0.25) is 0 Å². The molecule has 1 N–H and O–H groups in total. The molecule has 1 fully saturated rings. The summed E-state index contributed by atoms with van der Waals surface area (Å²) in [6.45, 7) is 4.80. The lowest BCUT2D eigenvalue weighted by Gasteiger charge is -2.42. The maximum Gasteiger partial charge on any atom is 0.306 e. The fourth-order valence-corrected chi connectivity index (χ4v) is 4.29. The summed E-state index contributed by atoms with van der Waals surface area (Å²) in [6.07, 6.45) is 1.15. The van der Waals surface area contributed by atoms with E-state index in [1.165, 1.54) is 10.5 Å². The van der Waals surface area contributed by atoms with Crippen LogP contribution in [0.25, 0.3) is 0 Å². The number of likely N-dealkylation sites (tertiary alicyclic amines) is 1. The number of nitrogens with zero attached hydrogens (tertiary/aromatic N) is 1. The van der Waals surface area contributed by atoms with E-state index in [9.17, 15) is 4.79 Å². The van der Waals surface area contributed by atoms with Crippen LogP contribution in [0.3, 0.4) is 0 Å². The van der Waals surface area contributed by atoms with Gasteiger partial charge in [0, 0.05) is 29.8 Å². The van der Waals surface area contributed by atoms with Gasteiger partial charge in [-0.05, 0) is 24.0 Å². The van der Waals surface area contributed by atoms with Gasteiger partial charge in [0.05, 0.1) is 5.92 Å². The molecule has 1 aromatic carbocycles. The third kappa shape index (κ3) is 2.65. The van der Waals surface area contributed by atoms with Gasteiger partial charge >= 0.3 is 5.97 Å². The molecule has 19 heavy (non-hydrogen) atoms. The molecule has 0 bridgehead atoms. The van der Waals surface area contributed by atoms with E-state index in [-0.39, 0.29) is 5.92 Å². The van der Waals surface area contributed by atoms with Gasteiger partial charge in [-0.2, -0.15) is 0 Å². The van der Waals surface area contributed by atoms with Crippen LogP contribution < -0.4 is 0 Å². The fraction of sp³-hybridized carbons (Fsp3) is 0.533. The minimum absolute atomic E-state index is 0.204. The van der Waals surface area contributed by atoms with E-state index in [1.807, 2.05) is 18.7 Å². The zero-order valence-electron chi connectivity index (χ0n) is 11.1. The second kappa shape index (κ2) is 5.17. The molecule has 0 amide bonds. The summed E-state index contributed by atoms with van der Waals surface area (Å²) >= 11 is 1.97. The number of fused-ring (bicyclic) bond motifs is 1. The first-order chi connectivity index (χ1) is 9.13. The fourth-order valence-electron chi connectivity index (χ4n) is 2.92. The first-order valence-electron chi connectivity index (χ1n) is 6.83. The van der Waals surface area contributed by atoms with Crippen molar-refractivity contribution in [1.82, 2.24) is 4.90 Å². The van der Waals surface area contributed by atoms with E-state index in [0.717, 1.165) is 26.1 Å². The Morgan fingerprint density at radius 3 is 2.89 bits per heavy atom. The number of carbonyl (C=O) groups is 1. The van der Waals surface area contributed by atoms with Crippen molar-refractivity contribution >= 4 is 17.7 Å². The van der Waals surface area contributed by atoms with Crippen molar-refractivity contribution in [2.24, 2.45) is 11.8 Å². The lowest BCUT2D eigenvalue weighted by atomic mass is 9.87. The summed E-state index contributed by atoms with van der Waals surface area (Å²) in [5.41, 5.74) is 1.47. The van der Waals surface area contributed by atoms with Gasteiger partial charge in [-0.25, -0.2) is 0 Å². The number of hydrogen-bond acceptors (Lipinski definition) is 3. The van der Waals surface area contributed by atoms with Crippen LogP contribution in [0, 0.1) is 11.8 Å². The van der Waals surface area contributed by atoms with Crippen molar-refractivity contribution in [3.05, 3.63) is 29.8 Å². The number of aliphatic carboxylic acids is 1. The number of rotatable bonds is 4. The Balaban J connectivity index is 1.47. The highest BCUT2D eigenvalue weighted by atomic mass is 32.2. The largest absolute Gasteiger partial charge is 0.481 e. The SMILES string of the molecule is CC(C(=O)O)C1CN(CC2Cc3ccccc3S2)C1. The number of thioether (sulfide) groups is 1. The second-order valence-electron chi connectivity index (χ2n) is 5.66. The van der Waals surface area contributed by atoms with Crippen molar-refractivity contribution in [2.75, 3.05) is 19.6 Å². The number of hydrogen-bond donors (Lipinski definition) is 1. The quantitative estimate of drug-likeness (QED) is 0.917. The maximum absolute atomic E-state index is 10.9. The Labute approximate surface area is 118 Å². The molecule has 2 aliphatic rings. The Hall–Kier alpha value is -1.00. The molecule has 2 heterocycles. The predicted octanol–water partition coefficient (Wildman–Crippen LogP) is 2.36. The van der Waals surface area contributed by atoms with Gasteiger partial charge in [-0.15, -0.1) is 11.8 Å². The van der Waals surface area contributed by atoms with Gasteiger partial charge in [-0.3, -0.25) is 4.79 Å². The average molecular weight is 277 g/mol. The predicted molar refractivity (Wildman–Crippen MR) is 76.5 cm³/mol. The summed E-state index contributed by atoms with van der Waals surface area (Å²) in [7, 11) is 0. The molecule has 1 aromatic rings. The van der Waals surface area contributed by atoms with E-state index < -0.39 is 5.97 Å². The highest BCUT2D eigenvalue weighted by Gasteiger charge is 2.36. The zero-order chi connectivity index (χ0) is 13.4. The minimum atomic E-state index is -0.660. The molecule has 4 heteroatoms. The molecule has 2 unspecified atom stereocenters. The van der Waals surface area contributed by atoms with Gasteiger partial charge < -0.3 is 10.0 Å². The molecule has 102 valence electrons. The molecule has 0 spiro atoms. The Morgan fingerprint density at radius 1 is 1.47 bits per heavy atom. The highest BCUT2D eigenvalue weighted by molar-refractivity contribution is 8.00. The molecule has 0 saturated carbocycles. The van der Waals surface area contributed by atoms with Gasteiger partial charge in [-0.1, -0.05) is 25.1 Å². The number of carboxylic acid groups (broad SMARTS) is 1. The minimum Gasteiger partial charge on any atom is -0.481 e. The van der Waals surface area contributed by atoms with Gasteiger partial charge in [0.1, 0.15) is 0 Å². The van der Waals surface area contributed by atoms with Crippen molar-refractivity contribution in [1.29, 1.82) is 0 Å². The number of carboxylic acids is 1. The molecule has 1 saturated heterocycles. The van der Waals surface area contributed by atoms with E-state index in [0.29, 0.717) is 11.2 Å². The van der Waals surface area contributed by atoms with E-state index >= 15 is 0 Å². The molecular weight excluding hydrogens is 258 g/mol. The lowest BCUT2D eigenvalue weighted by Crippen LogP contribution is -2.52. The normalized spacial score (nSPS) is 24.8. The van der Waals surface area contributed by atoms with Crippen LogP contribution >= 0.6 is 11.8 Å². The molecule has 3 nitrogen and oxygen atoms in total. The molecule has 2 aliphatic heterocycles. The zero-order valence-corrected chi connectivity index (χ0v) is 11.9. The molecule has 0 radical (unpaired) electrons. The molecule has 0 aliphatic carbocycles. The molecular formula is C15H19NO2S. The monoisotopic (exact) mass is 277 g/mol. The van der Waals surface area contributed by atoms with Gasteiger partial charge in [0.25, 0.3) is 0 Å². The summed E-state index contributed by atoms with van der Waals surface area (Å²) in [6, 6.07) is 8.62. The topological polar surface area (TPSA) is 40.5 Å². The van der Waals surface area contributed by atoms with Crippen LogP contribution in [-0.4, -0.2) is 40.9 Å². The van der Waals surface area contributed by atoms with Crippen LogP contribution in [0.4, 0.5) is 0 Å². The smallest absolute Gasteiger partial charge is 0.306 e. The van der Waals surface area contributed by atoms with E-state index in [4.69, 9.17) is 5.11 Å². The van der Waals surface area contributed by atoms with Gasteiger partial charge in [0.15, 0.2) is 0 Å². The van der Waals surface area contributed by atoms with Crippen LogP contribution in [-0.2, 0) is 11.2 Å². The third-order valence-corrected chi connectivity index (χ3v) is 5.56. The van der Waals surface area contributed by atoms with Crippen LogP contribution in [0.15, 0.2) is 29.2 Å². The third-order valence-electron chi connectivity index (χ3n) is 4.26. The van der Waals surface area contributed by atoms with Crippen molar-refractivity contribution < 1.29 is 9.90 Å². The average Bonchev–Trinajstić information content (AvgIpc) is 2.74.